The summed E-state index contributed by atoms with van der Waals surface area (Å²) in [6, 6.07) is 0.156. The molecular weight excluding hydrogens is 409 g/mol. The fourth-order valence-corrected chi connectivity index (χ4v) is 5.66. The van der Waals surface area contributed by atoms with Gasteiger partial charge in [-0.05, 0) is 46.0 Å². The van der Waals surface area contributed by atoms with Crippen molar-refractivity contribution in [1.82, 2.24) is 14.9 Å². The third kappa shape index (κ3) is 4.36. The molecule has 0 aromatic carbocycles. The Labute approximate surface area is 170 Å². The summed E-state index contributed by atoms with van der Waals surface area (Å²) < 4.78 is 67.7. The molecule has 3 fully saturated rings. The molecule has 3 rings (SSSR count). The molecule has 0 bridgehead atoms. The quantitative estimate of drug-likeness (QED) is 0.489. The molecule has 1 heterocycles. The molecule has 1 spiro atoms. The van der Waals surface area contributed by atoms with Crippen LogP contribution in [-0.4, -0.2) is 68.6 Å². The van der Waals surface area contributed by atoms with Crippen LogP contribution in [-0.2, 0) is 14.8 Å². The van der Waals surface area contributed by atoms with E-state index in [0.29, 0.717) is 36.3 Å². The van der Waals surface area contributed by atoms with E-state index in [-0.39, 0.29) is 36.7 Å². The van der Waals surface area contributed by atoms with Crippen molar-refractivity contribution in [3.8, 4) is 0 Å². The van der Waals surface area contributed by atoms with Crippen LogP contribution in [0.1, 0.15) is 52.4 Å². The summed E-state index contributed by atoms with van der Waals surface area (Å²) in [5.41, 5.74) is -5.08. The molecule has 1 saturated heterocycles. The van der Waals surface area contributed by atoms with E-state index in [4.69, 9.17) is 4.74 Å². The topological polar surface area (TPSA) is 83.0 Å². The molecule has 3 aliphatic rings. The van der Waals surface area contributed by atoms with Gasteiger partial charge in [0.05, 0.1) is 6.10 Å². The van der Waals surface area contributed by atoms with E-state index >= 15 is 0 Å². The van der Waals surface area contributed by atoms with Crippen LogP contribution in [0.3, 0.4) is 0 Å². The number of ether oxygens (including phenoxy) is 1. The van der Waals surface area contributed by atoms with Crippen molar-refractivity contribution in [3.05, 3.63) is 0 Å². The van der Waals surface area contributed by atoms with Crippen LogP contribution in [0.25, 0.3) is 0 Å². The third-order valence-electron chi connectivity index (χ3n) is 6.49. The Morgan fingerprint density at radius 1 is 1.21 bits per heavy atom. The number of guanidine groups is 1. The van der Waals surface area contributed by atoms with E-state index in [0.717, 1.165) is 19.3 Å². The first-order valence-electron chi connectivity index (χ1n) is 10.4. The Balaban J connectivity index is 1.54. The number of nitrogens with zero attached hydrogens (tertiary/aromatic N) is 2. The maximum atomic E-state index is 12.7. The summed E-state index contributed by atoms with van der Waals surface area (Å²) in [5, 5.41) is 6.79. The van der Waals surface area contributed by atoms with Crippen LogP contribution < -0.4 is 10.6 Å². The lowest BCUT2D eigenvalue weighted by Gasteiger charge is -2.61. The number of hydrogen-bond acceptors (Lipinski definition) is 4. The molecule has 2 N–H and O–H groups in total. The summed E-state index contributed by atoms with van der Waals surface area (Å²) in [6.07, 6.45) is 5.25. The average Bonchev–Trinajstić information content (AvgIpc) is 2.59. The maximum absolute atomic E-state index is 12.7. The van der Waals surface area contributed by atoms with E-state index in [2.05, 4.69) is 15.6 Å². The summed E-state index contributed by atoms with van der Waals surface area (Å²) in [7, 11) is -5.25. The van der Waals surface area contributed by atoms with Crippen molar-refractivity contribution in [1.29, 1.82) is 0 Å². The fraction of sp³-hybridized carbons (Fsp3) is 0.944. The van der Waals surface area contributed by atoms with Crippen LogP contribution in [0.15, 0.2) is 4.99 Å². The molecule has 7 nitrogen and oxygen atoms in total. The highest BCUT2D eigenvalue weighted by molar-refractivity contribution is 7.90. The summed E-state index contributed by atoms with van der Waals surface area (Å²) >= 11 is 0. The number of piperidine rings is 1. The first-order chi connectivity index (χ1) is 13.6. The monoisotopic (exact) mass is 440 g/mol. The third-order valence-corrected chi connectivity index (χ3v) is 8.12. The molecule has 168 valence electrons. The second-order valence-electron chi connectivity index (χ2n) is 8.05. The predicted octanol–water partition coefficient (Wildman–Crippen LogP) is 2.20. The van der Waals surface area contributed by atoms with Gasteiger partial charge in [0.1, 0.15) is 0 Å². The Bertz CT molecular complexity index is 702. The lowest BCUT2D eigenvalue weighted by atomic mass is 9.51. The van der Waals surface area contributed by atoms with E-state index in [1.807, 2.05) is 13.8 Å². The maximum Gasteiger partial charge on any atom is 0.511 e. The number of aliphatic imine (C=N–C) groups is 1. The van der Waals surface area contributed by atoms with Crippen molar-refractivity contribution < 1.29 is 26.3 Å². The highest BCUT2D eigenvalue weighted by atomic mass is 32.2. The van der Waals surface area contributed by atoms with Crippen LogP contribution in [0, 0.1) is 5.41 Å². The largest absolute Gasteiger partial charge is 0.511 e. The summed E-state index contributed by atoms with van der Waals surface area (Å²) in [6.45, 7) is 4.89. The van der Waals surface area contributed by atoms with Crippen molar-refractivity contribution in [2.45, 2.75) is 76.1 Å². The number of alkyl halides is 3. The van der Waals surface area contributed by atoms with E-state index in [1.54, 1.807) is 0 Å². The predicted molar refractivity (Wildman–Crippen MR) is 104 cm³/mol. The van der Waals surface area contributed by atoms with E-state index < -0.39 is 15.5 Å². The van der Waals surface area contributed by atoms with Crippen molar-refractivity contribution >= 4 is 16.0 Å². The van der Waals surface area contributed by atoms with Gasteiger partial charge in [-0.15, -0.1) is 0 Å². The van der Waals surface area contributed by atoms with Crippen LogP contribution in [0.5, 0.6) is 0 Å². The second kappa shape index (κ2) is 8.58. The number of rotatable bonds is 6. The van der Waals surface area contributed by atoms with Gasteiger partial charge in [-0.1, -0.05) is 6.42 Å². The average molecular weight is 441 g/mol. The van der Waals surface area contributed by atoms with Crippen molar-refractivity contribution in [2.24, 2.45) is 10.4 Å². The van der Waals surface area contributed by atoms with Crippen LogP contribution >= 0.6 is 0 Å². The molecule has 1 aliphatic heterocycles. The summed E-state index contributed by atoms with van der Waals surface area (Å²) in [5.74, 6) is 0.649. The van der Waals surface area contributed by atoms with Gasteiger partial charge < -0.3 is 15.4 Å². The lowest BCUT2D eigenvalue weighted by molar-refractivity contribution is -0.168. The zero-order chi connectivity index (χ0) is 21.3. The highest BCUT2D eigenvalue weighted by Crippen LogP contribution is 2.57. The zero-order valence-corrected chi connectivity index (χ0v) is 17.8. The van der Waals surface area contributed by atoms with Gasteiger partial charge in [0, 0.05) is 43.7 Å². The molecule has 2 saturated carbocycles. The second-order valence-corrected chi connectivity index (χ2v) is 9.98. The summed E-state index contributed by atoms with van der Waals surface area (Å²) in [4.78, 5) is 4.48. The molecule has 29 heavy (non-hydrogen) atoms. The van der Waals surface area contributed by atoms with Gasteiger partial charge in [-0.3, -0.25) is 4.99 Å². The molecular formula is C18H31F3N4O3S. The minimum Gasteiger partial charge on any atom is -0.378 e. The Hall–Kier alpha value is -1.07. The van der Waals surface area contributed by atoms with Gasteiger partial charge >= 0.3 is 15.5 Å². The Kier molecular flexibility index (Phi) is 6.69. The van der Waals surface area contributed by atoms with Crippen molar-refractivity contribution in [3.63, 3.8) is 0 Å². The highest BCUT2D eigenvalue weighted by Gasteiger charge is 2.59. The standard InChI is InChI=1S/C18H31F3N4O3S/c1-3-22-16(24-14-12-15(28-4-2)17(14)8-5-9-17)23-13-6-10-25(11-7-13)29(26,27)18(19,20)21/h13-15H,3-12H2,1-2H3,(H2,22,23,24). The van der Waals surface area contributed by atoms with Crippen LogP contribution in [0.4, 0.5) is 13.2 Å². The van der Waals surface area contributed by atoms with Gasteiger partial charge in [-0.25, -0.2) is 8.42 Å². The number of hydrogen-bond donors (Lipinski definition) is 2. The van der Waals surface area contributed by atoms with Crippen molar-refractivity contribution in [2.75, 3.05) is 26.2 Å². The zero-order valence-electron chi connectivity index (χ0n) is 17.0. The minimum absolute atomic E-state index is 0.118. The minimum atomic E-state index is -5.25. The lowest BCUT2D eigenvalue weighted by Crippen LogP contribution is -2.69. The molecule has 0 aromatic rings. The number of nitrogens with one attached hydrogen (secondary N) is 2. The SMILES string of the molecule is CCN=C(NC1CCN(S(=O)(=O)C(F)(F)F)CC1)NC1CC(OCC)C12CCC2. The molecule has 2 aliphatic carbocycles. The van der Waals surface area contributed by atoms with Gasteiger partial charge in [0.2, 0.25) is 0 Å². The van der Waals surface area contributed by atoms with Gasteiger partial charge in [0.25, 0.3) is 0 Å². The fourth-order valence-electron chi connectivity index (χ4n) is 4.68. The normalized spacial score (nSPS) is 28.7. The van der Waals surface area contributed by atoms with Gasteiger partial charge in [0.15, 0.2) is 5.96 Å². The van der Waals surface area contributed by atoms with Crippen LogP contribution in [0.2, 0.25) is 0 Å². The van der Waals surface area contributed by atoms with E-state index in [1.165, 1.54) is 6.42 Å². The first kappa shape index (κ1) is 22.6. The molecule has 2 unspecified atom stereocenters. The molecule has 0 radical (unpaired) electrons. The molecule has 2 atom stereocenters. The number of sulfonamides is 1. The van der Waals surface area contributed by atoms with Gasteiger partial charge in [-0.2, -0.15) is 17.5 Å². The Morgan fingerprint density at radius 3 is 2.34 bits per heavy atom. The van der Waals surface area contributed by atoms with E-state index in [9.17, 15) is 21.6 Å². The Morgan fingerprint density at radius 2 is 1.86 bits per heavy atom. The first-order valence-corrected chi connectivity index (χ1v) is 11.8. The molecule has 0 aromatic heterocycles. The molecule has 0 amide bonds. The smallest absolute Gasteiger partial charge is 0.378 e. The number of halogens is 3. The molecule has 11 heteroatoms.